The van der Waals surface area contributed by atoms with E-state index >= 15 is 0 Å². The number of aryl methyl sites for hydroxylation is 2. The lowest BCUT2D eigenvalue weighted by atomic mass is 10.1. The molecule has 3 rings (SSSR count). The number of rotatable bonds is 1. The summed E-state index contributed by atoms with van der Waals surface area (Å²) in [4.78, 5) is 8.79. The van der Waals surface area contributed by atoms with Gasteiger partial charge in [-0.2, -0.15) is 9.94 Å². The van der Waals surface area contributed by atoms with Gasteiger partial charge in [0, 0.05) is 11.5 Å². The third kappa shape index (κ3) is 1.83. The molecule has 0 unspecified atom stereocenters. The summed E-state index contributed by atoms with van der Waals surface area (Å²) in [5.41, 5.74) is 1.37. The molecule has 0 aliphatic rings. The molecule has 19 heavy (non-hydrogen) atoms. The first-order valence-corrected chi connectivity index (χ1v) is 5.89. The fourth-order valence-corrected chi connectivity index (χ4v) is 2.10. The van der Waals surface area contributed by atoms with Crippen LogP contribution in [0.2, 0.25) is 0 Å². The number of nitriles is 1. The number of benzene rings is 1. The largest absolute Gasteiger partial charge is 0.228 e. The Bertz CT molecular complexity index is 810. The van der Waals surface area contributed by atoms with E-state index in [2.05, 4.69) is 21.1 Å². The van der Waals surface area contributed by atoms with Gasteiger partial charge in [-0.05, 0) is 19.9 Å². The molecule has 0 aliphatic carbocycles. The fourth-order valence-electron chi connectivity index (χ4n) is 2.10. The summed E-state index contributed by atoms with van der Waals surface area (Å²) in [7, 11) is 0. The van der Waals surface area contributed by atoms with Gasteiger partial charge in [0.1, 0.15) is 11.6 Å². The van der Waals surface area contributed by atoms with Gasteiger partial charge in [0.05, 0.1) is 17.1 Å². The predicted octanol–water partition coefficient (Wildman–Crippen LogP) is 2.30. The van der Waals surface area contributed by atoms with Crippen LogP contribution in [0.1, 0.15) is 17.2 Å². The normalized spacial score (nSPS) is 10.6. The lowest BCUT2D eigenvalue weighted by Gasteiger charge is -2.05. The van der Waals surface area contributed by atoms with Crippen LogP contribution in [-0.2, 0) is 0 Å². The molecule has 1 aromatic carbocycles. The van der Waals surface area contributed by atoms with Gasteiger partial charge in [-0.3, -0.25) is 0 Å². The van der Waals surface area contributed by atoms with Crippen LogP contribution in [0.5, 0.6) is 0 Å². The van der Waals surface area contributed by atoms with Gasteiger partial charge in [-0.25, -0.2) is 9.97 Å². The third-order valence-electron chi connectivity index (χ3n) is 2.91. The fraction of sp³-hybridized carbons (Fsp3) is 0.143. The molecule has 0 bridgehead atoms. The minimum atomic E-state index is 0.591. The Morgan fingerprint density at radius 2 is 1.95 bits per heavy atom. The molecular weight excluding hydrogens is 238 g/mol. The summed E-state index contributed by atoms with van der Waals surface area (Å²) in [5, 5.41) is 14.4. The van der Waals surface area contributed by atoms with Crippen LogP contribution in [0, 0.1) is 25.2 Å². The van der Waals surface area contributed by atoms with E-state index in [1.165, 1.54) is 0 Å². The molecule has 0 fully saturated rings. The minimum absolute atomic E-state index is 0.591. The van der Waals surface area contributed by atoms with Crippen molar-refractivity contribution in [1.29, 1.82) is 5.26 Å². The zero-order chi connectivity index (χ0) is 13.4. The quantitative estimate of drug-likeness (QED) is 0.663. The number of pyridine rings is 1. The van der Waals surface area contributed by atoms with Crippen molar-refractivity contribution in [2.24, 2.45) is 0 Å². The molecule has 0 amide bonds. The van der Waals surface area contributed by atoms with Crippen molar-refractivity contribution in [3.8, 4) is 11.9 Å². The molecule has 0 saturated carbocycles. The van der Waals surface area contributed by atoms with Gasteiger partial charge in [0.2, 0.25) is 0 Å². The Hall–Kier alpha value is -2.74. The highest BCUT2D eigenvalue weighted by atomic mass is 15.4. The van der Waals surface area contributed by atoms with Crippen molar-refractivity contribution in [1.82, 2.24) is 19.7 Å². The molecule has 2 aromatic heterocycles. The zero-order valence-electron chi connectivity index (χ0n) is 10.6. The van der Waals surface area contributed by atoms with Crippen molar-refractivity contribution < 1.29 is 0 Å². The van der Waals surface area contributed by atoms with Crippen LogP contribution >= 0.6 is 0 Å². The molecule has 5 heteroatoms. The van der Waals surface area contributed by atoms with E-state index in [1.807, 2.05) is 38.1 Å². The van der Waals surface area contributed by atoms with E-state index in [9.17, 15) is 5.26 Å². The van der Waals surface area contributed by atoms with Crippen LogP contribution in [0.25, 0.3) is 16.7 Å². The maximum Gasteiger partial charge on any atom is 0.157 e. The lowest BCUT2D eigenvalue weighted by Crippen LogP contribution is -2.03. The number of fused-ring (bicyclic) bond motifs is 1. The second kappa shape index (κ2) is 4.18. The van der Waals surface area contributed by atoms with Crippen molar-refractivity contribution in [2.75, 3.05) is 0 Å². The maximum atomic E-state index is 9.26. The summed E-state index contributed by atoms with van der Waals surface area (Å²) < 4.78 is 1.66. The Kier molecular flexibility index (Phi) is 2.50. The number of para-hydroxylation sites is 1. The molecule has 0 N–H and O–H groups in total. The molecule has 0 radical (unpaired) electrons. The van der Waals surface area contributed by atoms with E-state index in [0.717, 1.165) is 16.7 Å². The molecule has 92 valence electrons. The predicted molar refractivity (Wildman–Crippen MR) is 70.8 cm³/mol. The summed E-state index contributed by atoms with van der Waals surface area (Å²) in [6, 6.07) is 11.5. The van der Waals surface area contributed by atoms with Crippen LogP contribution < -0.4 is 0 Å². The van der Waals surface area contributed by atoms with E-state index in [0.29, 0.717) is 17.2 Å². The average Bonchev–Trinajstić information content (AvgIpc) is 2.76. The Morgan fingerprint density at radius 1 is 1.16 bits per heavy atom. The molecule has 0 spiro atoms. The monoisotopic (exact) mass is 249 g/mol. The van der Waals surface area contributed by atoms with Gasteiger partial charge < -0.3 is 0 Å². The molecule has 5 nitrogen and oxygen atoms in total. The number of hydrogen-bond acceptors (Lipinski definition) is 4. The van der Waals surface area contributed by atoms with Crippen LogP contribution in [0.3, 0.4) is 0 Å². The highest BCUT2D eigenvalue weighted by molar-refractivity contribution is 5.85. The first-order valence-electron chi connectivity index (χ1n) is 5.89. The Labute approximate surface area is 110 Å². The molecule has 0 aliphatic heterocycles. The Balaban J connectivity index is 2.32. The summed E-state index contributed by atoms with van der Waals surface area (Å²) in [6.45, 7) is 3.69. The van der Waals surface area contributed by atoms with Crippen molar-refractivity contribution in [2.45, 2.75) is 13.8 Å². The van der Waals surface area contributed by atoms with Gasteiger partial charge in [0.15, 0.2) is 5.82 Å². The topological polar surface area (TPSA) is 67.4 Å². The first kappa shape index (κ1) is 11.4. The van der Waals surface area contributed by atoms with E-state index in [-0.39, 0.29) is 0 Å². The van der Waals surface area contributed by atoms with Crippen molar-refractivity contribution in [3.05, 3.63) is 47.5 Å². The molecular formula is C14H11N5. The summed E-state index contributed by atoms with van der Waals surface area (Å²) in [6.07, 6.45) is 0. The van der Waals surface area contributed by atoms with Crippen molar-refractivity contribution >= 4 is 10.9 Å². The number of nitrogens with zero attached hydrogens (tertiary/aromatic N) is 5. The summed E-state index contributed by atoms with van der Waals surface area (Å²) in [5.74, 6) is 2.06. The molecule has 2 heterocycles. The SMILES string of the molecule is Cc1nc(C)n(-c2cc(C#N)c3ccccc3n2)n1. The zero-order valence-corrected chi connectivity index (χ0v) is 10.6. The highest BCUT2D eigenvalue weighted by Crippen LogP contribution is 2.19. The third-order valence-corrected chi connectivity index (χ3v) is 2.91. The standard InChI is InChI=1S/C14H11N5/c1-9-16-10(2)19(18-9)14-7-11(8-15)12-5-3-4-6-13(12)17-14/h3-7H,1-2H3. The molecule has 3 aromatic rings. The smallest absolute Gasteiger partial charge is 0.157 e. The van der Waals surface area contributed by atoms with Crippen molar-refractivity contribution in [3.63, 3.8) is 0 Å². The number of hydrogen-bond donors (Lipinski definition) is 0. The van der Waals surface area contributed by atoms with Gasteiger partial charge >= 0.3 is 0 Å². The Morgan fingerprint density at radius 3 is 2.63 bits per heavy atom. The van der Waals surface area contributed by atoms with Crippen LogP contribution in [0.4, 0.5) is 0 Å². The number of aromatic nitrogens is 4. The molecule has 0 saturated heterocycles. The van der Waals surface area contributed by atoms with Crippen LogP contribution in [0.15, 0.2) is 30.3 Å². The first-order chi connectivity index (χ1) is 9.19. The van der Waals surface area contributed by atoms with Gasteiger partial charge in [-0.1, -0.05) is 18.2 Å². The lowest BCUT2D eigenvalue weighted by molar-refractivity contribution is 0.808. The minimum Gasteiger partial charge on any atom is -0.228 e. The second-order valence-corrected chi connectivity index (χ2v) is 4.28. The maximum absolute atomic E-state index is 9.26. The van der Waals surface area contributed by atoms with E-state index in [1.54, 1.807) is 10.7 Å². The second-order valence-electron chi connectivity index (χ2n) is 4.28. The highest BCUT2D eigenvalue weighted by Gasteiger charge is 2.10. The van der Waals surface area contributed by atoms with Crippen LogP contribution in [-0.4, -0.2) is 19.7 Å². The summed E-state index contributed by atoms with van der Waals surface area (Å²) >= 11 is 0. The van der Waals surface area contributed by atoms with E-state index < -0.39 is 0 Å². The van der Waals surface area contributed by atoms with Gasteiger partial charge in [0.25, 0.3) is 0 Å². The average molecular weight is 249 g/mol. The van der Waals surface area contributed by atoms with Gasteiger partial charge in [-0.15, -0.1) is 5.10 Å². The van der Waals surface area contributed by atoms with E-state index in [4.69, 9.17) is 0 Å². The molecule has 0 atom stereocenters.